The van der Waals surface area contributed by atoms with Gasteiger partial charge in [-0.25, -0.2) is 0 Å². The fourth-order valence-corrected chi connectivity index (χ4v) is 2.43. The molecule has 0 aliphatic heterocycles. The highest BCUT2D eigenvalue weighted by atomic mass is 16.2. The van der Waals surface area contributed by atoms with Gasteiger partial charge in [-0.05, 0) is 38.0 Å². The predicted octanol–water partition coefficient (Wildman–Crippen LogP) is 3.98. The quantitative estimate of drug-likeness (QED) is 0.340. The van der Waals surface area contributed by atoms with Gasteiger partial charge >= 0.3 is 11.8 Å². The van der Waals surface area contributed by atoms with E-state index in [0.29, 0.717) is 18.4 Å². The van der Waals surface area contributed by atoms with Crippen LogP contribution >= 0.6 is 0 Å². The number of hydrogen-bond acceptors (Lipinski definition) is 2. The first-order valence-electron chi connectivity index (χ1n) is 9.26. The third kappa shape index (κ3) is 11.0. The predicted molar refractivity (Wildman–Crippen MR) is 102 cm³/mol. The summed E-state index contributed by atoms with van der Waals surface area (Å²) < 4.78 is 0. The highest BCUT2D eigenvalue weighted by Crippen LogP contribution is 2.19. The van der Waals surface area contributed by atoms with Crippen LogP contribution in [0.1, 0.15) is 66.2 Å². The summed E-state index contributed by atoms with van der Waals surface area (Å²) in [5.74, 6) is -0.201. The Morgan fingerprint density at radius 2 is 1.79 bits per heavy atom. The SMILES string of the molecule is CCCCCC/C(C)=C/C(/C=C/CCNC(=O)C(=O)NC)C(C)C. The van der Waals surface area contributed by atoms with Gasteiger partial charge in [0.2, 0.25) is 0 Å². The maximum Gasteiger partial charge on any atom is 0.309 e. The Morgan fingerprint density at radius 3 is 2.38 bits per heavy atom. The van der Waals surface area contributed by atoms with Crippen molar-refractivity contribution >= 4 is 11.8 Å². The van der Waals surface area contributed by atoms with Crippen LogP contribution in [0.15, 0.2) is 23.8 Å². The number of allylic oxidation sites excluding steroid dienone is 3. The van der Waals surface area contributed by atoms with E-state index in [1.165, 1.54) is 44.7 Å². The van der Waals surface area contributed by atoms with E-state index in [0.717, 1.165) is 6.42 Å². The molecule has 1 atom stereocenters. The zero-order valence-electron chi connectivity index (χ0n) is 16.2. The summed E-state index contributed by atoms with van der Waals surface area (Å²) in [4.78, 5) is 22.4. The van der Waals surface area contributed by atoms with Crippen LogP contribution in [-0.4, -0.2) is 25.4 Å². The summed E-state index contributed by atoms with van der Waals surface area (Å²) in [6.07, 6.45) is 13.8. The lowest BCUT2D eigenvalue weighted by atomic mass is 9.92. The van der Waals surface area contributed by atoms with Crippen LogP contribution in [0.3, 0.4) is 0 Å². The van der Waals surface area contributed by atoms with E-state index in [1.54, 1.807) is 0 Å². The Morgan fingerprint density at radius 1 is 1.08 bits per heavy atom. The first kappa shape index (κ1) is 22.4. The summed E-state index contributed by atoms with van der Waals surface area (Å²) in [5.41, 5.74) is 1.46. The minimum atomic E-state index is -0.597. The van der Waals surface area contributed by atoms with E-state index >= 15 is 0 Å². The second-order valence-electron chi connectivity index (χ2n) is 6.70. The van der Waals surface area contributed by atoms with Crippen molar-refractivity contribution in [3.63, 3.8) is 0 Å². The van der Waals surface area contributed by atoms with Crippen molar-refractivity contribution in [1.29, 1.82) is 0 Å². The molecule has 0 radical (unpaired) electrons. The van der Waals surface area contributed by atoms with Gasteiger partial charge in [0.15, 0.2) is 0 Å². The molecule has 24 heavy (non-hydrogen) atoms. The second-order valence-corrected chi connectivity index (χ2v) is 6.70. The number of unbranched alkanes of at least 4 members (excludes halogenated alkanes) is 3. The van der Waals surface area contributed by atoms with E-state index in [1.807, 2.05) is 0 Å². The smallest absolute Gasteiger partial charge is 0.309 e. The van der Waals surface area contributed by atoms with Gasteiger partial charge in [-0.15, -0.1) is 0 Å². The highest BCUT2D eigenvalue weighted by Gasteiger charge is 2.09. The second kappa shape index (κ2) is 13.8. The third-order valence-corrected chi connectivity index (χ3v) is 4.06. The van der Waals surface area contributed by atoms with Crippen molar-refractivity contribution in [2.45, 2.75) is 66.2 Å². The normalized spacial score (nSPS) is 13.3. The molecular formula is C20H36N2O2. The van der Waals surface area contributed by atoms with Gasteiger partial charge in [-0.3, -0.25) is 9.59 Å². The number of amides is 2. The zero-order valence-corrected chi connectivity index (χ0v) is 16.2. The van der Waals surface area contributed by atoms with E-state index in [9.17, 15) is 9.59 Å². The summed E-state index contributed by atoms with van der Waals surface area (Å²) in [7, 11) is 1.45. The molecule has 4 heteroatoms. The van der Waals surface area contributed by atoms with E-state index in [-0.39, 0.29) is 0 Å². The van der Waals surface area contributed by atoms with E-state index < -0.39 is 11.8 Å². The van der Waals surface area contributed by atoms with Gasteiger partial charge in [0.05, 0.1) is 0 Å². The maximum absolute atomic E-state index is 11.3. The average Bonchev–Trinajstić information content (AvgIpc) is 2.56. The molecule has 4 nitrogen and oxygen atoms in total. The largest absolute Gasteiger partial charge is 0.351 e. The summed E-state index contributed by atoms with van der Waals surface area (Å²) >= 11 is 0. The Kier molecular flexibility index (Phi) is 12.9. The molecule has 0 saturated carbocycles. The highest BCUT2D eigenvalue weighted by molar-refractivity contribution is 6.34. The molecule has 1 unspecified atom stereocenters. The Labute approximate surface area is 148 Å². The molecule has 0 heterocycles. The van der Waals surface area contributed by atoms with Crippen LogP contribution in [0.5, 0.6) is 0 Å². The van der Waals surface area contributed by atoms with Crippen LogP contribution in [0.25, 0.3) is 0 Å². The van der Waals surface area contributed by atoms with E-state index in [2.05, 4.69) is 56.6 Å². The van der Waals surface area contributed by atoms with Crippen molar-refractivity contribution in [2.75, 3.05) is 13.6 Å². The van der Waals surface area contributed by atoms with Crippen LogP contribution in [0.2, 0.25) is 0 Å². The summed E-state index contributed by atoms with van der Waals surface area (Å²) in [6, 6.07) is 0. The lowest BCUT2D eigenvalue weighted by Crippen LogP contribution is -2.38. The molecule has 0 aliphatic carbocycles. The van der Waals surface area contributed by atoms with Gasteiger partial charge < -0.3 is 10.6 Å². The minimum Gasteiger partial charge on any atom is -0.351 e. The molecule has 0 aromatic carbocycles. The number of likely N-dealkylation sites (N-methyl/N-ethyl adjacent to an activating group) is 1. The monoisotopic (exact) mass is 336 g/mol. The fourth-order valence-electron chi connectivity index (χ4n) is 2.43. The van der Waals surface area contributed by atoms with Gasteiger partial charge in [0, 0.05) is 13.6 Å². The van der Waals surface area contributed by atoms with Crippen LogP contribution in [0, 0.1) is 11.8 Å². The fraction of sp³-hybridized carbons (Fsp3) is 0.700. The van der Waals surface area contributed by atoms with Crippen molar-refractivity contribution in [2.24, 2.45) is 11.8 Å². The number of carbonyl (C=O) groups is 2. The molecule has 0 rings (SSSR count). The molecule has 0 saturated heterocycles. The molecule has 0 bridgehead atoms. The van der Waals surface area contributed by atoms with Gasteiger partial charge in [-0.1, -0.05) is 63.8 Å². The molecule has 0 aromatic heterocycles. The average molecular weight is 337 g/mol. The van der Waals surface area contributed by atoms with Gasteiger partial charge in [-0.2, -0.15) is 0 Å². The Bertz CT molecular complexity index is 425. The Hall–Kier alpha value is -1.58. The lowest BCUT2D eigenvalue weighted by molar-refractivity contribution is -0.138. The first-order chi connectivity index (χ1) is 11.4. The topological polar surface area (TPSA) is 58.2 Å². The van der Waals surface area contributed by atoms with Crippen molar-refractivity contribution in [1.82, 2.24) is 10.6 Å². The molecular weight excluding hydrogens is 300 g/mol. The summed E-state index contributed by atoms with van der Waals surface area (Å²) in [6.45, 7) is 9.39. The number of hydrogen-bond donors (Lipinski definition) is 2. The number of carbonyl (C=O) groups excluding carboxylic acids is 2. The van der Waals surface area contributed by atoms with Crippen molar-refractivity contribution < 1.29 is 9.59 Å². The zero-order chi connectivity index (χ0) is 18.4. The molecule has 0 aromatic rings. The molecule has 2 N–H and O–H groups in total. The molecule has 0 aliphatic rings. The van der Waals surface area contributed by atoms with Crippen LogP contribution in [0.4, 0.5) is 0 Å². The van der Waals surface area contributed by atoms with Crippen LogP contribution in [-0.2, 0) is 9.59 Å². The van der Waals surface area contributed by atoms with Crippen molar-refractivity contribution in [3.8, 4) is 0 Å². The van der Waals surface area contributed by atoms with Crippen molar-refractivity contribution in [3.05, 3.63) is 23.8 Å². The third-order valence-electron chi connectivity index (χ3n) is 4.06. The van der Waals surface area contributed by atoms with Crippen LogP contribution < -0.4 is 10.6 Å². The molecule has 2 amide bonds. The molecule has 0 spiro atoms. The van der Waals surface area contributed by atoms with Gasteiger partial charge in [0.1, 0.15) is 0 Å². The number of nitrogens with one attached hydrogen (secondary N) is 2. The molecule has 0 fully saturated rings. The first-order valence-corrected chi connectivity index (χ1v) is 9.26. The molecule has 138 valence electrons. The number of rotatable bonds is 11. The van der Waals surface area contributed by atoms with Gasteiger partial charge in [0.25, 0.3) is 0 Å². The summed E-state index contributed by atoms with van der Waals surface area (Å²) in [5, 5.41) is 4.91. The Balaban J connectivity index is 4.27. The minimum absolute atomic E-state index is 0.422. The lowest BCUT2D eigenvalue weighted by Gasteiger charge is -2.14. The van der Waals surface area contributed by atoms with E-state index in [4.69, 9.17) is 0 Å². The maximum atomic E-state index is 11.3. The standard InChI is InChI=1S/C20H36N2O2/c1-6-7-8-9-12-17(4)15-18(16(2)3)13-10-11-14-22-20(24)19(23)21-5/h10,13,15-16,18H,6-9,11-12,14H2,1-5H3,(H,21,23)(H,22,24)/b13-10+,17-15+.